The molecule has 8 heteroatoms. The quantitative estimate of drug-likeness (QED) is 0.336. The van der Waals surface area contributed by atoms with Gasteiger partial charge in [-0.15, -0.1) is 0 Å². The van der Waals surface area contributed by atoms with Crippen molar-refractivity contribution in [3.63, 3.8) is 0 Å². The molecule has 0 bridgehead atoms. The number of hydrogen-bond donors (Lipinski definition) is 3. The molecule has 6 nitrogen and oxygen atoms in total. The fourth-order valence-electron chi connectivity index (χ4n) is 4.19. The highest BCUT2D eigenvalue weighted by atomic mass is 32.1. The van der Waals surface area contributed by atoms with Gasteiger partial charge in [0.15, 0.2) is 4.77 Å². The highest BCUT2D eigenvalue weighted by molar-refractivity contribution is 7.71. The Balaban J connectivity index is 1.26. The summed E-state index contributed by atoms with van der Waals surface area (Å²) in [5.74, 6) is 0.620. The Morgan fingerprint density at radius 2 is 1.94 bits per heavy atom. The summed E-state index contributed by atoms with van der Waals surface area (Å²) >= 11 is 5.31. The van der Waals surface area contributed by atoms with Gasteiger partial charge in [-0.05, 0) is 72.9 Å². The minimum Gasteiger partial charge on any atom is -0.356 e. The number of carbonyl (C=O) groups excluding carboxylic acids is 1. The zero-order chi connectivity index (χ0) is 22.1. The number of aromatic nitrogens is 4. The van der Waals surface area contributed by atoms with Crippen LogP contribution in [0.5, 0.6) is 0 Å². The fourth-order valence-corrected chi connectivity index (χ4v) is 4.49. The minimum absolute atomic E-state index is 0.00700. The molecular formula is C24H24FN5OS. The minimum atomic E-state index is -0.270. The van der Waals surface area contributed by atoms with E-state index in [9.17, 15) is 9.18 Å². The van der Waals surface area contributed by atoms with E-state index < -0.39 is 0 Å². The second-order valence-electron chi connectivity index (χ2n) is 8.18. The highest BCUT2D eigenvalue weighted by Crippen LogP contribution is 2.35. The summed E-state index contributed by atoms with van der Waals surface area (Å²) in [7, 11) is 0. The van der Waals surface area contributed by atoms with E-state index >= 15 is 0 Å². The molecule has 0 saturated heterocycles. The monoisotopic (exact) mass is 449 g/mol. The smallest absolute Gasteiger partial charge is 0.220 e. The number of aryl methyl sites for hydroxylation is 1. The van der Waals surface area contributed by atoms with Crippen LogP contribution in [-0.2, 0) is 17.6 Å². The van der Waals surface area contributed by atoms with Crippen LogP contribution in [0.2, 0.25) is 0 Å². The Labute approximate surface area is 189 Å². The number of benzene rings is 2. The van der Waals surface area contributed by atoms with Crippen molar-refractivity contribution < 1.29 is 9.18 Å². The number of H-pyrrole nitrogens is 2. The molecule has 0 atom stereocenters. The molecule has 1 aliphatic carbocycles. The first kappa shape index (κ1) is 20.6. The number of para-hydroxylation sites is 1. The average molecular weight is 450 g/mol. The van der Waals surface area contributed by atoms with E-state index in [1.807, 2.05) is 24.3 Å². The summed E-state index contributed by atoms with van der Waals surface area (Å²) in [4.78, 5) is 16.0. The van der Waals surface area contributed by atoms with Gasteiger partial charge in [0, 0.05) is 42.0 Å². The van der Waals surface area contributed by atoms with Crippen LogP contribution in [0.3, 0.4) is 0 Å². The lowest BCUT2D eigenvalue weighted by Crippen LogP contribution is -2.26. The van der Waals surface area contributed by atoms with Gasteiger partial charge in [-0.3, -0.25) is 9.89 Å². The van der Waals surface area contributed by atoms with Crippen molar-refractivity contribution >= 4 is 29.0 Å². The van der Waals surface area contributed by atoms with E-state index in [4.69, 9.17) is 12.2 Å². The second-order valence-corrected chi connectivity index (χ2v) is 8.56. The Bertz CT molecular complexity index is 1320. The largest absolute Gasteiger partial charge is 0.356 e. The van der Waals surface area contributed by atoms with Gasteiger partial charge in [0.1, 0.15) is 11.6 Å². The first-order valence-corrected chi connectivity index (χ1v) is 11.3. The molecule has 1 fully saturated rings. The summed E-state index contributed by atoms with van der Waals surface area (Å²) in [6, 6.07) is 14.9. The Kier molecular flexibility index (Phi) is 5.61. The summed E-state index contributed by atoms with van der Waals surface area (Å²) in [5, 5.41) is 11.3. The number of hydrogen-bond acceptors (Lipinski definition) is 3. The number of halogens is 1. The molecule has 2 aromatic carbocycles. The maximum Gasteiger partial charge on any atom is 0.220 e. The Morgan fingerprint density at radius 3 is 2.72 bits per heavy atom. The van der Waals surface area contributed by atoms with E-state index in [0.29, 0.717) is 36.6 Å². The van der Waals surface area contributed by atoms with Crippen LogP contribution in [0, 0.1) is 10.6 Å². The van der Waals surface area contributed by atoms with E-state index in [1.165, 1.54) is 12.1 Å². The normalized spacial score (nSPS) is 13.5. The molecular weight excluding hydrogens is 425 g/mol. The molecule has 1 saturated carbocycles. The molecule has 164 valence electrons. The third-order valence-corrected chi connectivity index (χ3v) is 6.20. The standard InChI is InChI=1S/C24H24FN5OS/c25-16-7-5-15(6-8-16)23-19(18-3-1-2-4-20(18)27-23)11-12-22(31)26-14-13-21-28-29-24(32)30(21)17-9-10-17/h1-8,17,27H,9-14H2,(H,26,31)(H,29,32). The second kappa shape index (κ2) is 8.70. The lowest BCUT2D eigenvalue weighted by Gasteiger charge is -2.08. The van der Waals surface area contributed by atoms with Gasteiger partial charge in [0.2, 0.25) is 5.91 Å². The number of amides is 1. The molecule has 1 amide bonds. The zero-order valence-electron chi connectivity index (χ0n) is 17.5. The molecule has 0 radical (unpaired) electrons. The molecule has 3 N–H and O–H groups in total. The Morgan fingerprint density at radius 1 is 1.16 bits per heavy atom. The number of aromatic amines is 2. The van der Waals surface area contributed by atoms with Gasteiger partial charge in [-0.2, -0.15) is 5.10 Å². The topological polar surface area (TPSA) is 78.5 Å². The lowest BCUT2D eigenvalue weighted by molar-refractivity contribution is -0.121. The van der Waals surface area contributed by atoms with Crippen molar-refractivity contribution in [3.8, 4) is 11.3 Å². The van der Waals surface area contributed by atoms with Crippen LogP contribution in [0.4, 0.5) is 4.39 Å². The molecule has 2 aromatic heterocycles. The van der Waals surface area contributed by atoms with E-state index in [1.54, 1.807) is 12.1 Å². The SMILES string of the molecule is O=C(CCc1c(-c2ccc(F)cc2)[nH]c2ccccc12)NCCc1n[nH]c(=S)n1C1CC1. The van der Waals surface area contributed by atoms with Crippen molar-refractivity contribution in [2.24, 2.45) is 0 Å². The molecule has 4 aromatic rings. The molecule has 1 aliphatic rings. The maximum atomic E-state index is 13.4. The average Bonchev–Trinajstić information content (AvgIpc) is 3.46. The fraction of sp³-hybridized carbons (Fsp3) is 0.292. The van der Waals surface area contributed by atoms with E-state index in [-0.39, 0.29) is 11.7 Å². The number of rotatable bonds is 8. The van der Waals surface area contributed by atoms with Crippen molar-refractivity contribution in [2.75, 3.05) is 6.54 Å². The molecule has 0 unspecified atom stereocenters. The van der Waals surface area contributed by atoms with Crippen LogP contribution < -0.4 is 5.32 Å². The van der Waals surface area contributed by atoms with Crippen molar-refractivity contribution in [1.82, 2.24) is 25.1 Å². The number of carbonyl (C=O) groups is 1. The first-order chi connectivity index (χ1) is 15.6. The lowest BCUT2D eigenvalue weighted by atomic mass is 10.0. The molecule has 2 heterocycles. The Hall–Kier alpha value is -3.26. The van der Waals surface area contributed by atoms with Gasteiger partial charge in [0.25, 0.3) is 0 Å². The summed E-state index contributed by atoms with van der Waals surface area (Å²) in [6.45, 7) is 0.518. The van der Waals surface area contributed by atoms with E-state index in [0.717, 1.165) is 46.4 Å². The van der Waals surface area contributed by atoms with Crippen LogP contribution in [0.25, 0.3) is 22.2 Å². The van der Waals surface area contributed by atoms with Gasteiger partial charge in [-0.1, -0.05) is 18.2 Å². The number of nitrogens with zero attached hydrogens (tertiary/aromatic N) is 2. The van der Waals surface area contributed by atoms with E-state index in [2.05, 4.69) is 25.1 Å². The molecule has 5 rings (SSSR count). The van der Waals surface area contributed by atoms with Gasteiger partial charge in [-0.25, -0.2) is 4.39 Å². The number of nitrogens with one attached hydrogen (secondary N) is 3. The summed E-state index contributed by atoms with van der Waals surface area (Å²) in [5.41, 5.74) is 3.90. The van der Waals surface area contributed by atoms with Crippen LogP contribution in [-0.4, -0.2) is 32.2 Å². The summed E-state index contributed by atoms with van der Waals surface area (Å²) < 4.78 is 16.1. The zero-order valence-corrected chi connectivity index (χ0v) is 18.3. The van der Waals surface area contributed by atoms with Crippen LogP contribution in [0.1, 0.15) is 36.7 Å². The third kappa shape index (κ3) is 4.23. The van der Waals surface area contributed by atoms with Gasteiger partial charge >= 0.3 is 0 Å². The third-order valence-electron chi connectivity index (χ3n) is 5.91. The van der Waals surface area contributed by atoms with Crippen molar-refractivity contribution in [1.29, 1.82) is 0 Å². The molecule has 0 aliphatic heterocycles. The van der Waals surface area contributed by atoms with Crippen molar-refractivity contribution in [3.05, 3.63) is 70.5 Å². The predicted octanol–water partition coefficient (Wildman–Crippen LogP) is 4.85. The predicted molar refractivity (Wildman–Crippen MR) is 124 cm³/mol. The van der Waals surface area contributed by atoms with Gasteiger partial charge in [0.05, 0.1) is 0 Å². The first-order valence-electron chi connectivity index (χ1n) is 10.9. The highest BCUT2D eigenvalue weighted by Gasteiger charge is 2.27. The molecule has 32 heavy (non-hydrogen) atoms. The summed E-state index contributed by atoms with van der Waals surface area (Å²) in [6.07, 6.45) is 3.86. The molecule has 0 spiro atoms. The maximum absolute atomic E-state index is 13.4. The number of fused-ring (bicyclic) bond motifs is 1. The van der Waals surface area contributed by atoms with Crippen molar-refractivity contribution in [2.45, 2.75) is 38.1 Å². The van der Waals surface area contributed by atoms with Crippen LogP contribution in [0.15, 0.2) is 48.5 Å². The van der Waals surface area contributed by atoms with Crippen LogP contribution >= 0.6 is 12.2 Å². The van der Waals surface area contributed by atoms with Gasteiger partial charge < -0.3 is 14.9 Å².